The van der Waals surface area contributed by atoms with Crippen LogP contribution in [0.5, 0.6) is 5.75 Å². The van der Waals surface area contributed by atoms with Crippen molar-refractivity contribution in [3.05, 3.63) is 64.7 Å². The Morgan fingerprint density at radius 2 is 1.86 bits per heavy atom. The van der Waals surface area contributed by atoms with Gasteiger partial charge in [0.05, 0.1) is 17.2 Å². The maximum atomic E-state index is 12.6. The number of hydrogen-bond acceptors (Lipinski definition) is 3. The monoisotopic (exact) mass is 426 g/mol. The van der Waals surface area contributed by atoms with E-state index in [1.165, 1.54) is 23.1 Å². The second-order valence-corrected chi connectivity index (χ2v) is 6.86. The zero-order valence-corrected chi connectivity index (χ0v) is 16.6. The minimum absolute atomic E-state index is 0. The third kappa shape index (κ3) is 5.44. The molecule has 0 radical (unpaired) electrons. The Kier molecular flexibility index (Phi) is 6.84. The number of hydrogen-bond donors (Lipinski definition) is 2. The lowest BCUT2D eigenvalue weighted by Gasteiger charge is -2.18. The van der Waals surface area contributed by atoms with Crippen molar-refractivity contribution in [1.29, 1.82) is 0 Å². The van der Waals surface area contributed by atoms with Crippen LogP contribution in [0.2, 0.25) is 0 Å². The number of carbonyl (C=O) groups excluding carboxylic acids is 2. The molecule has 5 nitrogen and oxygen atoms in total. The number of amides is 2. The highest BCUT2D eigenvalue weighted by Gasteiger charge is 2.32. The van der Waals surface area contributed by atoms with Crippen LogP contribution >= 0.6 is 13.5 Å². The molecule has 0 aromatic heterocycles. The van der Waals surface area contributed by atoms with Gasteiger partial charge in [-0.05, 0) is 36.8 Å². The van der Waals surface area contributed by atoms with Gasteiger partial charge in [-0.2, -0.15) is 26.7 Å². The molecule has 0 unspecified atom stereocenters. The van der Waals surface area contributed by atoms with Crippen LogP contribution in [0.1, 0.15) is 33.5 Å². The van der Waals surface area contributed by atoms with Crippen molar-refractivity contribution in [2.75, 3.05) is 6.54 Å². The molecule has 0 bridgehead atoms. The summed E-state index contributed by atoms with van der Waals surface area (Å²) in [4.78, 5) is 26.1. The van der Waals surface area contributed by atoms with Crippen LogP contribution in [0.25, 0.3) is 0 Å². The van der Waals surface area contributed by atoms with E-state index in [-0.39, 0.29) is 50.2 Å². The zero-order chi connectivity index (χ0) is 20.5. The summed E-state index contributed by atoms with van der Waals surface area (Å²) in [6.07, 6.45) is -4.31. The summed E-state index contributed by atoms with van der Waals surface area (Å²) in [5, 5.41) is 12.6. The van der Waals surface area contributed by atoms with E-state index in [2.05, 4.69) is 5.32 Å². The molecule has 0 spiro atoms. The predicted octanol–water partition coefficient (Wildman–Crippen LogP) is 3.36. The fourth-order valence-electron chi connectivity index (χ4n) is 3.14. The smallest absolute Gasteiger partial charge is 0.416 e. The second-order valence-electron chi connectivity index (χ2n) is 6.86. The largest absolute Gasteiger partial charge is 0.507 e. The topological polar surface area (TPSA) is 69.6 Å². The van der Waals surface area contributed by atoms with Crippen molar-refractivity contribution in [2.45, 2.75) is 32.1 Å². The van der Waals surface area contributed by atoms with Gasteiger partial charge in [0, 0.05) is 19.5 Å². The summed E-state index contributed by atoms with van der Waals surface area (Å²) >= 11 is 0. The van der Waals surface area contributed by atoms with Crippen LogP contribution in [0, 0.1) is 6.92 Å². The molecule has 1 heterocycles. The molecule has 2 aromatic carbocycles. The molecule has 0 aliphatic carbocycles. The van der Waals surface area contributed by atoms with E-state index >= 15 is 0 Å². The molecule has 2 N–H and O–H groups in total. The number of likely N-dealkylation sites (tertiary alicyclic amines) is 1. The van der Waals surface area contributed by atoms with Crippen LogP contribution in [0.15, 0.2) is 42.5 Å². The van der Waals surface area contributed by atoms with Crippen molar-refractivity contribution < 1.29 is 27.9 Å². The van der Waals surface area contributed by atoms with Crippen LogP contribution in [-0.2, 0) is 17.5 Å². The molecule has 1 fully saturated rings. The number of nitrogens with one attached hydrogen (secondary N) is 1. The van der Waals surface area contributed by atoms with Crippen molar-refractivity contribution in [2.24, 2.45) is 0 Å². The maximum absolute atomic E-state index is 12.6. The van der Waals surface area contributed by atoms with E-state index in [9.17, 15) is 27.9 Å². The molecule has 1 aliphatic heterocycles. The number of rotatable bonds is 4. The van der Waals surface area contributed by atoms with E-state index in [0.717, 1.165) is 17.7 Å². The summed E-state index contributed by atoms with van der Waals surface area (Å²) in [6.45, 7) is 2.21. The van der Waals surface area contributed by atoms with E-state index in [1.807, 2.05) is 0 Å². The van der Waals surface area contributed by atoms with Gasteiger partial charge in [0.1, 0.15) is 5.75 Å². The molecule has 9 heteroatoms. The van der Waals surface area contributed by atoms with Gasteiger partial charge in [0.25, 0.3) is 5.91 Å². The number of alkyl halides is 3. The quantitative estimate of drug-likeness (QED) is 0.788. The van der Waals surface area contributed by atoms with Gasteiger partial charge < -0.3 is 15.3 Å². The fourth-order valence-corrected chi connectivity index (χ4v) is 3.14. The normalized spacial score (nSPS) is 16.5. The minimum Gasteiger partial charge on any atom is -0.507 e. The van der Waals surface area contributed by atoms with Gasteiger partial charge in [0.2, 0.25) is 5.91 Å². The molecule has 2 aromatic rings. The first kappa shape index (κ1) is 22.6. The lowest BCUT2D eigenvalue weighted by molar-refractivity contribution is -0.137. The molecule has 1 saturated heterocycles. The highest BCUT2D eigenvalue weighted by Crippen LogP contribution is 2.29. The zero-order valence-electron chi connectivity index (χ0n) is 15.6. The van der Waals surface area contributed by atoms with Crippen molar-refractivity contribution in [3.63, 3.8) is 0 Å². The first-order chi connectivity index (χ1) is 13.1. The fraction of sp³-hybridized carbons (Fsp3) is 0.300. The van der Waals surface area contributed by atoms with E-state index in [4.69, 9.17) is 0 Å². The van der Waals surface area contributed by atoms with Gasteiger partial charge in [-0.25, -0.2) is 0 Å². The van der Waals surface area contributed by atoms with E-state index < -0.39 is 23.7 Å². The Balaban J connectivity index is 0.00000300. The molecule has 2 amide bonds. The first-order valence-electron chi connectivity index (χ1n) is 8.68. The van der Waals surface area contributed by atoms with Crippen LogP contribution in [-0.4, -0.2) is 34.4 Å². The number of carbonyl (C=O) groups is 2. The number of halogens is 3. The third-order valence-electron chi connectivity index (χ3n) is 4.60. The van der Waals surface area contributed by atoms with Crippen LogP contribution < -0.4 is 5.32 Å². The van der Waals surface area contributed by atoms with Crippen molar-refractivity contribution in [1.82, 2.24) is 10.2 Å². The average molecular weight is 426 g/mol. The lowest BCUT2D eigenvalue weighted by atomic mass is 10.1. The number of phenolic OH excluding ortho intramolecular Hbond substituents is 1. The standard InChI is InChI=1S/C20H19F3N2O3.H2S/c1-12-2-7-17(26)16(8-12)19(28)24-15-9-18(27)25(11-15)10-13-3-5-14(6-4-13)20(21,22)23;/h2-8,15,26H,9-11H2,1H3,(H,24,28);1H2/t15-;/m0./s1. The summed E-state index contributed by atoms with van der Waals surface area (Å²) in [5.74, 6) is -0.817. The molecule has 1 atom stereocenters. The molecular formula is C20H21F3N2O3S. The number of benzene rings is 2. The Labute approximate surface area is 173 Å². The SMILES string of the molecule is Cc1ccc(O)c(C(=O)N[C@H]2CC(=O)N(Cc3ccc(C(F)(F)F)cc3)C2)c1.S. The van der Waals surface area contributed by atoms with Crippen molar-refractivity contribution >= 4 is 25.3 Å². The summed E-state index contributed by atoms with van der Waals surface area (Å²) in [7, 11) is 0. The maximum Gasteiger partial charge on any atom is 0.416 e. The second kappa shape index (κ2) is 8.77. The summed E-state index contributed by atoms with van der Waals surface area (Å²) < 4.78 is 37.9. The number of aromatic hydroxyl groups is 1. The molecule has 156 valence electrons. The Morgan fingerprint density at radius 1 is 1.21 bits per heavy atom. The summed E-state index contributed by atoms with van der Waals surface area (Å²) in [5.41, 5.74) is 0.778. The lowest BCUT2D eigenvalue weighted by Crippen LogP contribution is -2.37. The Hall–Kier alpha value is -2.68. The van der Waals surface area contributed by atoms with Gasteiger partial charge in [-0.3, -0.25) is 9.59 Å². The highest BCUT2D eigenvalue weighted by atomic mass is 32.1. The Morgan fingerprint density at radius 3 is 2.48 bits per heavy atom. The molecule has 1 aliphatic rings. The molecule has 3 rings (SSSR count). The third-order valence-corrected chi connectivity index (χ3v) is 4.60. The minimum atomic E-state index is -4.40. The van der Waals surface area contributed by atoms with Crippen LogP contribution in [0.4, 0.5) is 13.2 Å². The van der Waals surface area contributed by atoms with Crippen molar-refractivity contribution in [3.8, 4) is 5.75 Å². The highest BCUT2D eigenvalue weighted by molar-refractivity contribution is 7.59. The van der Waals surface area contributed by atoms with E-state index in [0.29, 0.717) is 5.56 Å². The number of nitrogens with zero attached hydrogens (tertiary/aromatic N) is 1. The van der Waals surface area contributed by atoms with Gasteiger partial charge in [-0.15, -0.1) is 0 Å². The molecular weight excluding hydrogens is 405 g/mol. The first-order valence-corrected chi connectivity index (χ1v) is 8.68. The van der Waals surface area contributed by atoms with Gasteiger partial charge in [0.15, 0.2) is 0 Å². The number of aryl methyl sites for hydroxylation is 1. The Bertz CT molecular complexity index is 901. The van der Waals surface area contributed by atoms with Gasteiger partial charge >= 0.3 is 6.18 Å². The summed E-state index contributed by atoms with van der Waals surface area (Å²) in [6, 6.07) is 8.87. The molecule has 29 heavy (non-hydrogen) atoms. The number of phenols is 1. The average Bonchev–Trinajstić information content (AvgIpc) is 2.95. The molecule has 0 saturated carbocycles. The predicted molar refractivity (Wildman–Crippen MR) is 106 cm³/mol. The van der Waals surface area contributed by atoms with Crippen LogP contribution in [0.3, 0.4) is 0 Å². The van der Waals surface area contributed by atoms with E-state index in [1.54, 1.807) is 19.1 Å². The van der Waals surface area contributed by atoms with Gasteiger partial charge in [-0.1, -0.05) is 23.8 Å².